The third-order valence-corrected chi connectivity index (χ3v) is 8.44. The molecule has 2 aliphatic rings. The zero-order valence-corrected chi connectivity index (χ0v) is 19.7. The molecule has 1 aliphatic carbocycles. The van der Waals surface area contributed by atoms with E-state index in [1.165, 1.54) is 24.8 Å². The van der Waals surface area contributed by atoms with Crippen LogP contribution in [-0.4, -0.2) is 34.1 Å². The molecule has 0 bridgehead atoms. The zero-order valence-electron chi connectivity index (χ0n) is 18.9. The predicted molar refractivity (Wildman–Crippen MR) is 125 cm³/mol. The normalized spacial score (nSPS) is 29.8. The van der Waals surface area contributed by atoms with Crippen molar-refractivity contribution in [3.05, 3.63) is 83.4 Å². The van der Waals surface area contributed by atoms with Crippen molar-refractivity contribution in [2.75, 3.05) is 7.11 Å². The first kappa shape index (κ1) is 23.9. The minimum absolute atomic E-state index is 0.0800. The summed E-state index contributed by atoms with van der Waals surface area (Å²) in [4.78, 5) is 12.5. The first-order valence-electron chi connectivity index (χ1n) is 11.1. The van der Waals surface area contributed by atoms with E-state index in [-0.39, 0.29) is 41.8 Å². The van der Waals surface area contributed by atoms with Gasteiger partial charge >= 0.3 is 5.97 Å². The van der Waals surface area contributed by atoms with E-state index in [4.69, 9.17) is 4.74 Å². The molecule has 0 spiro atoms. The van der Waals surface area contributed by atoms with Crippen molar-refractivity contribution in [1.29, 1.82) is 0 Å². The van der Waals surface area contributed by atoms with Gasteiger partial charge in [0.2, 0.25) is 0 Å². The van der Waals surface area contributed by atoms with Crippen molar-refractivity contribution in [2.24, 2.45) is 0 Å². The fraction of sp³-hybridized carbons (Fsp3) is 0.423. The summed E-state index contributed by atoms with van der Waals surface area (Å²) < 4.78 is 37.5. The molecule has 1 heterocycles. The van der Waals surface area contributed by atoms with Gasteiger partial charge in [-0.25, -0.2) is 13.1 Å². The number of carbonyl (C=O) groups is 1. The van der Waals surface area contributed by atoms with E-state index < -0.39 is 28.6 Å². The molecule has 2 atom stereocenters. The SMILES string of the molecule is C=CC1(O)CC(C(=O)OC)(c2cc(F)c(CN3S[C@@H](c4ccccc4)CC[C@@H]3C)cc2F)C1. The highest BCUT2D eigenvalue weighted by atomic mass is 32.2. The molecule has 1 saturated carbocycles. The Bertz CT molecular complexity index is 1040. The third kappa shape index (κ3) is 4.46. The lowest BCUT2D eigenvalue weighted by Crippen LogP contribution is -2.58. The minimum atomic E-state index is -1.42. The largest absolute Gasteiger partial charge is 0.468 e. The number of ether oxygens (including phenoxy) is 1. The average Bonchev–Trinajstić information content (AvgIpc) is 2.80. The van der Waals surface area contributed by atoms with Crippen LogP contribution in [0.2, 0.25) is 0 Å². The van der Waals surface area contributed by atoms with Crippen molar-refractivity contribution in [3.8, 4) is 0 Å². The summed E-state index contributed by atoms with van der Waals surface area (Å²) in [5.41, 5.74) is -1.35. The minimum Gasteiger partial charge on any atom is -0.468 e. The lowest BCUT2D eigenvalue weighted by Gasteiger charge is -2.50. The third-order valence-electron chi connectivity index (χ3n) is 6.92. The molecule has 0 unspecified atom stereocenters. The number of rotatable bonds is 6. The average molecular weight is 474 g/mol. The fourth-order valence-corrected chi connectivity index (χ4v) is 6.34. The number of aliphatic hydroxyl groups is 1. The van der Waals surface area contributed by atoms with Crippen LogP contribution in [0.15, 0.2) is 55.1 Å². The van der Waals surface area contributed by atoms with Gasteiger partial charge in [-0.2, -0.15) is 0 Å². The second-order valence-electron chi connectivity index (χ2n) is 9.16. The highest BCUT2D eigenvalue weighted by Gasteiger charge is 2.60. The van der Waals surface area contributed by atoms with Gasteiger partial charge in [0, 0.05) is 41.8 Å². The first-order valence-corrected chi connectivity index (χ1v) is 12.0. The maximum atomic E-state index is 15.3. The second-order valence-corrected chi connectivity index (χ2v) is 10.4. The molecular weight excluding hydrogens is 444 g/mol. The van der Waals surface area contributed by atoms with Gasteiger partial charge in [0.05, 0.1) is 12.7 Å². The number of nitrogens with zero attached hydrogens (tertiary/aromatic N) is 1. The van der Waals surface area contributed by atoms with Crippen molar-refractivity contribution in [2.45, 2.75) is 61.5 Å². The van der Waals surface area contributed by atoms with E-state index in [1.54, 1.807) is 11.9 Å². The number of hydrogen-bond acceptors (Lipinski definition) is 5. The molecule has 176 valence electrons. The van der Waals surface area contributed by atoms with Crippen LogP contribution in [0.25, 0.3) is 0 Å². The summed E-state index contributed by atoms with van der Waals surface area (Å²) in [7, 11) is 1.20. The Morgan fingerprint density at radius 3 is 2.58 bits per heavy atom. The monoisotopic (exact) mass is 473 g/mol. The second kappa shape index (κ2) is 9.20. The van der Waals surface area contributed by atoms with Crippen LogP contribution in [0.1, 0.15) is 54.5 Å². The molecule has 0 amide bonds. The van der Waals surface area contributed by atoms with Crippen molar-refractivity contribution < 1.29 is 23.4 Å². The van der Waals surface area contributed by atoms with E-state index in [9.17, 15) is 9.90 Å². The Morgan fingerprint density at radius 2 is 1.94 bits per heavy atom. The van der Waals surface area contributed by atoms with Gasteiger partial charge in [-0.05, 0) is 37.5 Å². The molecule has 0 aromatic heterocycles. The number of hydrogen-bond donors (Lipinski definition) is 1. The van der Waals surface area contributed by atoms with E-state index in [0.29, 0.717) is 0 Å². The lowest BCUT2D eigenvalue weighted by molar-refractivity contribution is -0.162. The molecule has 1 aliphatic heterocycles. The molecule has 2 aromatic rings. The van der Waals surface area contributed by atoms with Gasteiger partial charge in [0.15, 0.2) is 0 Å². The van der Waals surface area contributed by atoms with Gasteiger partial charge in [0.1, 0.15) is 17.0 Å². The quantitative estimate of drug-likeness (QED) is 0.343. The van der Waals surface area contributed by atoms with Gasteiger partial charge in [-0.15, -0.1) is 6.58 Å². The number of benzene rings is 2. The highest BCUT2D eigenvalue weighted by Crippen LogP contribution is 2.53. The molecule has 2 aromatic carbocycles. The van der Waals surface area contributed by atoms with Crippen LogP contribution in [0.5, 0.6) is 0 Å². The zero-order chi connectivity index (χ0) is 23.8. The van der Waals surface area contributed by atoms with Gasteiger partial charge < -0.3 is 9.84 Å². The lowest BCUT2D eigenvalue weighted by atomic mass is 9.56. The molecule has 0 radical (unpaired) electrons. The van der Waals surface area contributed by atoms with Gasteiger partial charge in [-0.3, -0.25) is 4.79 Å². The molecule has 4 nitrogen and oxygen atoms in total. The molecule has 33 heavy (non-hydrogen) atoms. The van der Waals surface area contributed by atoms with Crippen LogP contribution >= 0.6 is 11.9 Å². The molecule has 2 fully saturated rings. The molecular formula is C26H29F2NO3S. The maximum Gasteiger partial charge on any atom is 0.316 e. The number of esters is 1. The Morgan fingerprint density at radius 1 is 1.24 bits per heavy atom. The topological polar surface area (TPSA) is 49.8 Å². The standard InChI is InChI=1S/C26H29F2NO3S/c1-4-25(31)15-26(16-25,24(30)32-3)20-13-21(27)19(12-22(20)28)14-29-17(2)10-11-23(33-29)18-8-6-5-7-9-18/h4-9,12-13,17,23,31H,1,10-11,14-16H2,2-3H3/t17-,23+,25?,26?/m0/s1. The Kier molecular flexibility index (Phi) is 6.67. The van der Waals surface area contributed by atoms with Gasteiger partial charge in [-0.1, -0.05) is 48.4 Å². The Hall–Kier alpha value is -2.22. The van der Waals surface area contributed by atoms with Crippen molar-refractivity contribution in [1.82, 2.24) is 4.31 Å². The number of halogens is 2. The smallest absolute Gasteiger partial charge is 0.316 e. The van der Waals surface area contributed by atoms with E-state index in [2.05, 4.69) is 29.9 Å². The van der Waals surface area contributed by atoms with Crippen molar-refractivity contribution >= 4 is 17.9 Å². The summed E-state index contributed by atoms with van der Waals surface area (Å²) in [5, 5.41) is 10.7. The van der Waals surface area contributed by atoms with E-state index in [1.807, 2.05) is 18.2 Å². The van der Waals surface area contributed by atoms with Gasteiger partial charge in [0.25, 0.3) is 0 Å². The van der Waals surface area contributed by atoms with E-state index >= 15 is 8.78 Å². The Labute approximate surface area is 197 Å². The number of carbonyl (C=O) groups excluding carboxylic acids is 1. The van der Waals surface area contributed by atoms with Crippen LogP contribution in [0.3, 0.4) is 0 Å². The maximum absolute atomic E-state index is 15.3. The summed E-state index contributed by atoms with van der Waals surface area (Å²) in [5.74, 6) is -1.93. The Balaban J connectivity index is 1.58. The number of methoxy groups -OCH3 is 1. The summed E-state index contributed by atoms with van der Waals surface area (Å²) in [6.45, 7) is 5.92. The summed E-state index contributed by atoms with van der Waals surface area (Å²) >= 11 is 1.66. The highest BCUT2D eigenvalue weighted by molar-refractivity contribution is 7.97. The fourth-order valence-electron chi connectivity index (χ4n) is 4.97. The van der Waals surface area contributed by atoms with Crippen molar-refractivity contribution in [3.63, 3.8) is 0 Å². The predicted octanol–water partition coefficient (Wildman–Crippen LogP) is 5.46. The summed E-state index contributed by atoms with van der Waals surface area (Å²) in [6, 6.07) is 12.7. The first-order chi connectivity index (χ1) is 15.7. The molecule has 4 rings (SSSR count). The summed E-state index contributed by atoms with van der Waals surface area (Å²) in [6.07, 6.45) is 3.12. The molecule has 1 saturated heterocycles. The van der Waals surface area contributed by atoms with E-state index in [0.717, 1.165) is 18.9 Å². The van der Waals surface area contributed by atoms with Crippen LogP contribution < -0.4 is 0 Å². The van der Waals surface area contributed by atoms with Crippen LogP contribution in [0.4, 0.5) is 8.78 Å². The molecule has 7 heteroatoms. The van der Waals surface area contributed by atoms with Crippen LogP contribution in [0, 0.1) is 11.6 Å². The molecule has 1 N–H and O–H groups in total. The van der Waals surface area contributed by atoms with Crippen LogP contribution in [-0.2, 0) is 21.5 Å².